The van der Waals surface area contributed by atoms with Crippen molar-refractivity contribution in [1.82, 2.24) is 4.90 Å². The van der Waals surface area contributed by atoms with E-state index in [1.165, 1.54) is 24.2 Å². The third-order valence-corrected chi connectivity index (χ3v) is 7.19. The van der Waals surface area contributed by atoms with Gasteiger partial charge in [0.2, 0.25) is 0 Å². The predicted molar refractivity (Wildman–Crippen MR) is 125 cm³/mol. The molecule has 0 unspecified atom stereocenters. The van der Waals surface area contributed by atoms with Crippen molar-refractivity contribution >= 4 is 51.6 Å². The van der Waals surface area contributed by atoms with E-state index in [2.05, 4.69) is 29.5 Å². The van der Waals surface area contributed by atoms with Gasteiger partial charge in [-0.2, -0.15) is 0 Å². The molecule has 0 radical (unpaired) electrons. The molecule has 29 heavy (non-hydrogen) atoms. The molecule has 3 rings (SSSR count). The first-order chi connectivity index (χ1) is 13.9. The fourth-order valence-corrected chi connectivity index (χ4v) is 5.26. The van der Waals surface area contributed by atoms with E-state index in [0.717, 1.165) is 40.2 Å². The second kappa shape index (κ2) is 10.2. The van der Waals surface area contributed by atoms with Crippen LogP contribution in [0.25, 0.3) is 6.08 Å². The van der Waals surface area contributed by atoms with Gasteiger partial charge in [-0.05, 0) is 90.2 Å². The van der Waals surface area contributed by atoms with Crippen LogP contribution in [0.1, 0.15) is 57.9 Å². The Labute approximate surface area is 190 Å². The predicted octanol–water partition coefficient (Wildman–Crippen LogP) is 6.09. The number of benzene rings is 1. The van der Waals surface area contributed by atoms with Crippen LogP contribution in [0.3, 0.4) is 0 Å². The number of methoxy groups -OCH3 is 1. The molecule has 1 aromatic rings. The number of hydrogen-bond donors (Lipinski definition) is 0. The van der Waals surface area contributed by atoms with Crippen molar-refractivity contribution in [2.24, 2.45) is 5.92 Å². The van der Waals surface area contributed by atoms with Gasteiger partial charge in [-0.15, -0.1) is 0 Å². The Morgan fingerprint density at radius 3 is 2.66 bits per heavy atom. The van der Waals surface area contributed by atoms with Gasteiger partial charge >= 0.3 is 0 Å². The minimum atomic E-state index is -0.181. The molecule has 7 heteroatoms. The van der Waals surface area contributed by atoms with E-state index in [0.29, 0.717) is 28.9 Å². The molecule has 0 spiro atoms. The van der Waals surface area contributed by atoms with Gasteiger partial charge in [0.05, 0.1) is 21.7 Å². The molecule has 1 aliphatic carbocycles. The molecule has 158 valence electrons. The minimum absolute atomic E-state index is 0.0829. The van der Waals surface area contributed by atoms with Gasteiger partial charge in [-0.3, -0.25) is 14.5 Å². The zero-order chi connectivity index (χ0) is 21.0. The van der Waals surface area contributed by atoms with Gasteiger partial charge in [0.1, 0.15) is 0 Å². The summed E-state index contributed by atoms with van der Waals surface area (Å²) < 4.78 is 12.4. The Hall–Kier alpha value is -1.22. The third-order valence-electron chi connectivity index (χ3n) is 5.48. The van der Waals surface area contributed by atoms with Crippen molar-refractivity contribution in [3.8, 4) is 11.5 Å². The molecule has 0 N–H and O–H groups in total. The number of amides is 2. The molecule has 5 nitrogen and oxygen atoms in total. The van der Waals surface area contributed by atoms with Gasteiger partial charge < -0.3 is 9.47 Å². The van der Waals surface area contributed by atoms with Crippen molar-refractivity contribution in [2.45, 2.75) is 58.5 Å². The summed E-state index contributed by atoms with van der Waals surface area (Å²) in [6.07, 6.45) is 8.62. The highest BCUT2D eigenvalue weighted by Gasteiger charge is 2.36. The van der Waals surface area contributed by atoms with E-state index in [9.17, 15) is 9.59 Å². The first-order valence-corrected chi connectivity index (χ1v) is 12.1. The van der Waals surface area contributed by atoms with Gasteiger partial charge in [-0.25, -0.2) is 0 Å². The fraction of sp³-hybridized carbons (Fsp3) is 0.545. The van der Waals surface area contributed by atoms with Crippen LogP contribution in [-0.4, -0.2) is 35.8 Å². The molecule has 1 aliphatic heterocycles. The van der Waals surface area contributed by atoms with Crippen LogP contribution in [0.2, 0.25) is 0 Å². The molecule has 1 saturated heterocycles. The summed E-state index contributed by atoms with van der Waals surface area (Å²) in [7, 11) is 1.61. The number of imide groups is 1. The molecule has 0 aromatic heterocycles. The quantitative estimate of drug-likeness (QED) is 0.316. The summed E-state index contributed by atoms with van der Waals surface area (Å²) in [5, 5.41) is -0.162. The SMILES string of the molecule is CC[C@@H](C)Oc1c(I)cc(/C=C2/SC(=O)N(CC3CCCCC3)C2=O)cc1OC. The minimum Gasteiger partial charge on any atom is -0.493 e. The summed E-state index contributed by atoms with van der Waals surface area (Å²) in [5.74, 6) is 1.60. The molecule has 2 aliphatic rings. The van der Waals surface area contributed by atoms with Gasteiger partial charge in [0.15, 0.2) is 11.5 Å². The Morgan fingerprint density at radius 1 is 1.28 bits per heavy atom. The van der Waals surface area contributed by atoms with Crippen molar-refractivity contribution in [3.05, 3.63) is 26.2 Å². The zero-order valence-electron chi connectivity index (χ0n) is 17.2. The monoisotopic (exact) mass is 529 g/mol. The van der Waals surface area contributed by atoms with Gasteiger partial charge in [0.25, 0.3) is 11.1 Å². The van der Waals surface area contributed by atoms with E-state index >= 15 is 0 Å². The zero-order valence-corrected chi connectivity index (χ0v) is 20.2. The van der Waals surface area contributed by atoms with Crippen LogP contribution >= 0.6 is 34.4 Å². The Kier molecular flexibility index (Phi) is 7.90. The number of ether oxygens (including phenoxy) is 2. The van der Waals surface area contributed by atoms with Crippen LogP contribution in [0.4, 0.5) is 4.79 Å². The number of hydrogen-bond acceptors (Lipinski definition) is 5. The maximum atomic E-state index is 12.8. The van der Waals surface area contributed by atoms with Crippen LogP contribution in [0.15, 0.2) is 17.0 Å². The largest absolute Gasteiger partial charge is 0.493 e. The normalized spacial score (nSPS) is 20.4. The summed E-state index contributed by atoms with van der Waals surface area (Å²) >= 11 is 3.24. The highest BCUT2D eigenvalue weighted by atomic mass is 127. The highest BCUT2D eigenvalue weighted by Crippen LogP contribution is 2.38. The maximum Gasteiger partial charge on any atom is 0.293 e. The lowest BCUT2D eigenvalue weighted by molar-refractivity contribution is -0.123. The number of carbonyl (C=O) groups is 2. The Morgan fingerprint density at radius 2 is 2.00 bits per heavy atom. The number of halogens is 1. The molecule has 2 amide bonds. The summed E-state index contributed by atoms with van der Waals surface area (Å²) in [5.41, 5.74) is 0.825. The summed E-state index contributed by atoms with van der Waals surface area (Å²) in [6, 6.07) is 3.81. The van der Waals surface area contributed by atoms with E-state index < -0.39 is 0 Å². The molecule has 1 atom stereocenters. The van der Waals surface area contributed by atoms with Crippen LogP contribution in [0.5, 0.6) is 11.5 Å². The second-order valence-electron chi connectivity index (χ2n) is 7.67. The standard InChI is InChI=1S/C22H28INO4S/c1-4-14(2)28-20-17(23)10-16(11-18(20)27-3)12-19-21(25)24(22(26)29-19)13-15-8-6-5-7-9-15/h10-12,14-15H,4-9,13H2,1-3H3/b19-12+/t14-/m1/s1. The lowest BCUT2D eigenvalue weighted by Gasteiger charge is -2.25. The van der Waals surface area contributed by atoms with E-state index in [1.54, 1.807) is 13.2 Å². The summed E-state index contributed by atoms with van der Waals surface area (Å²) in [4.78, 5) is 27.2. The topological polar surface area (TPSA) is 55.8 Å². The maximum absolute atomic E-state index is 12.8. The molecule has 1 aromatic carbocycles. The van der Waals surface area contributed by atoms with E-state index in [1.807, 2.05) is 19.1 Å². The van der Waals surface area contributed by atoms with Crippen molar-refractivity contribution < 1.29 is 19.1 Å². The summed E-state index contributed by atoms with van der Waals surface area (Å²) in [6.45, 7) is 4.64. The fourth-order valence-electron chi connectivity index (χ4n) is 3.66. The lowest BCUT2D eigenvalue weighted by atomic mass is 9.89. The number of rotatable bonds is 7. The molecule has 0 bridgehead atoms. The number of nitrogens with zero attached hydrogens (tertiary/aromatic N) is 1. The number of carbonyl (C=O) groups excluding carboxylic acids is 2. The molecular weight excluding hydrogens is 501 g/mol. The Bertz CT molecular complexity index is 804. The third kappa shape index (κ3) is 5.48. The van der Waals surface area contributed by atoms with Gasteiger partial charge in [0, 0.05) is 6.54 Å². The molecular formula is C22H28INO4S. The van der Waals surface area contributed by atoms with Crippen molar-refractivity contribution in [3.63, 3.8) is 0 Å². The smallest absolute Gasteiger partial charge is 0.293 e. The first-order valence-electron chi connectivity index (χ1n) is 10.2. The number of thioether (sulfide) groups is 1. The van der Waals surface area contributed by atoms with E-state index in [4.69, 9.17) is 9.47 Å². The molecule has 2 fully saturated rings. The highest BCUT2D eigenvalue weighted by molar-refractivity contribution is 14.1. The van der Waals surface area contributed by atoms with Crippen molar-refractivity contribution in [1.29, 1.82) is 0 Å². The van der Waals surface area contributed by atoms with Crippen LogP contribution in [-0.2, 0) is 4.79 Å². The first kappa shape index (κ1) is 22.5. The van der Waals surface area contributed by atoms with Gasteiger partial charge in [-0.1, -0.05) is 26.2 Å². The Balaban J connectivity index is 1.79. The molecule has 1 saturated carbocycles. The average molecular weight is 529 g/mol. The van der Waals surface area contributed by atoms with Crippen LogP contribution in [0, 0.1) is 9.49 Å². The van der Waals surface area contributed by atoms with E-state index in [-0.39, 0.29) is 17.3 Å². The molecule has 1 heterocycles. The van der Waals surface area contributed by atoms with Crippen LogP contribution < -0.4 is 9.47 Å². The average Bonchev–Trinajstić information content (AvgIpc) is 2.97. The van der Waals surface area contributed by atoms with Crippen molar-refractivity contribution in [2.75, 3.05) is 13.7 Å². The second-order valence-corrected chi connectivity index (χ2v) is 9.82. The lowest BCUT2D eigenvalue weighted by Crippen LogP contribution is -2.34.